The molecule has 27 heavy (non-hydrogen) atoms. The van der Waals surface area contributed by atoms with Crippen LogP contribution in [0.2, 0.25) is 0 Å². The van der Waals surface area contributed by atoms with E-state index in [1.165, 1.54) is 6.07 Å². The van der Waals surface area contributed by atoms with Gasteiger partial charge in [0.25, 0.3) is 0 Å². The molecule has 4 rings (SSSR count). The highest BCUT2D eigenvalue weighted by atomic mass is 19.1. The van der Waals surface area contributed by atoms with Crippen LogP contribution in [0.15, 0.2) is 42.5 Å². The predicted octanol–water partition coefficient (Wildman–Crippen LogP) is 2.71. The lowest BCUT2D eigenvalue weighted by molar-refractivity contribution is -0.125. The summed E-state index contributed by atoms with van der Waals surface area (Å²) in [5.41, 5.74) is 8.70. The molecule has 1 aromatic heterocycles. The molecular weight excluding hydrogens is 347 g/mol. The zero-order valence-electron chi connectivity index (χ0n) is 15.0. The second-order valence-electron chi connectivity index (χ2n) is 6.72. The van der Waals surface area contributed by atoms with E-state index in [2.05, 4.69) is 4.98 Å². The number of halogens is 1. The zero-order chi connectivity index (χ0) is 19.0. The molecular formula is C20H21FN4O2. The molecule has 140 valence electrons. The Morgan fingerprint density at radius 3 is 2.78 bits per heavy atom. The van der Waals surface area contributed by atoms with Crippen LogP contribution in [0.5, 0.6) is 0 Å². The molecule has 0 aliphatic carbocycles. The molecule has 2 heterocycles. The maximum Gasteiger partial charge on any atom is 0.209 e. The lowest BCUT2D eigenvalue weighted by Crippen LogP contribution is -2.37. The Bertz CT molecular complexity index is 971. The maximum absolute atomic E-state index is 15.0. The lowest BCUT2D eigenvalue weighted by atomic mass is 10.0. The van der Waals surface area contributed by atoms with Crippen LogP contribution in [-0.2, 0) is 9.53 Å². The van der Waals surface area contributed by atoms with Gasteiger partial charge in [-0.1, -0.05) is 18.2 Å². The van der Waals surface area contributed by atoms with Crippen molar-refractivity contribution in [3.05, 3.63) is 59.7 Å². The second-order valence-corrected chi connectivity index (χ2v) is 6.72. The summed E-state index contributed by atoms with van der Waals surface area (Å²) in [5, 5.41) is 0. The number of hydrogen-bond donors (Lipinski definition) is 1. The average molecular weight is 368 g/mol. The summed E-state index contributed by atoms with van der Waals surface area (Å²) in [6, 6.07) is 12.3. The van der Waals surface area contributed by atoms with Crippen LogP contribution in [0.3, 0.4) is 0 Å². The van der Waals surface area contributed by atoms with Gasteiger partial charge >= 0.3 is 0 Å². The Morgan fingerprint density at radius 1 is 1.30 bits per heavy atom. The van der Waals surface area contributed by atoms with E-state index < -0.39 is 6.10 Å². The quantitative estimate of drug-likeness (QED) is 0.719. The van der Waals surface area contributed by atoms with Crippen molar-refractivity contribution in [1.29, 1.82) is 0 Å². The first kappa shape index (κ1) is 17.6. The van der Waals surface area contributed by atoms with E-state index in [0.29, 0.717) is 42.1 Å². The third kappa shape index (κ3) is 3.09. The first-order chi connectivity index (χ1) is 13.1. The number of para-hydroxylation sites is 1. The van der Waals surface area contributed by atoms with Gasteiger partial charge in [-0.05, 0) is 31.2 Å². The van der Waals surface area contributed by atoms with Crippen LogP contribution in [-0.4, -0.2) is 40.6 Å². The molecule has 1 saturated heterocycles. The molecule has 3 aromatic rings. The van der Waals surface area contributed by atoms with Crippen LogP contribution >= 0.6 is 0 Å². The third-order valence-corrected chi connectivity index (χ3v) is 4.82. The van der Waals surface area contributed by atoms with Crippen molar-refractivity contribution in [3.8, 4) is 5.69 Å². The van der Waals surface area contributed by atoms with Crippen molar-refractivity contribution < 1.29 is 13.9 Å². The van der Waals surface area contributed by atoms with E-state index in [1.807, 2.05) is 41.8 Å². The smallest absolute Gasteiger partial charge is 0.209 e. The molecule has 2 aromatic carbocycles. The summed E-state index contributed by atoms with van der Waals surface area (Å²) in [4.78, 5) is 17.5. The monoisotopic (exact) mass is 368 g/mol. The van der Waals surface area contributed by atoms with Gasteiger partial charge in [-0.25, -0.2) is 9.37 Å². The highest BCUT2D eigenvalue weighted by Gasteiger charge is 2.29. The Balaban J connectivity index is 1.99. The van der Waals surface area contributed by atoms with Crippen LogP contribution in [0.25, 0.3) is 16.7 Å². The highest BCUT2D eigenvalue weighted by Crippen LogP contribution is 2.34. The average Bonchev–Trinajstić information content (AvgIpc) is 3.08. The molecule has 1 aliphatic rings. The highest BCUT2D eigenvalue weighted by molar-refractivity contribution is 5.83. The number of imidazole rings is 1. The first-order valence-electron chi connectivity index (χ1n) is 8.93. The van der Waals surface area contributed by atoms with Gasteiger partial charge in [0, 0.05) is 17.8 Å². The molecule has 1 aliphatic heterocycles. The number of carbonyl (C=O) groups is 1. The van der Waals surface area contributed by atoms with E-state index >= 15 is 0 Å². The van der Waals surface area contributed by atoms with Crippen LogP contribution in [0, 0.1) is 5.82 Å². The van der Waals surface area contributed by atoms with Gasteiger partial charge < -0.3 is 15.4 Å². The zero-order valence-corrected chi connectivity index (χ0v) is 15.0. The SMILES string of the molecule is C[C@H](N)c1nc2ccc(F)c(C3CN(C=O)CCO3)c2n1-c1ccccc1. The number of ether oxygens (including phenoxy) is 1. The molecule has 7 heteroatoms. The minimum absolute atomic E-state index is 0.299. The van der Waals surface area contributed by atoms with E-state index in [-0.39, 0.29) is 11.9 Å². The summed E-state index contributed by atoms with van der Waals surface area (Å²) in [7, 11) is 0. The lowest BCUT2D eigenvalue weighted by Gasteiger charge is -2.31. The van der Waals surface area contributed by atoms with Gasteiger partial charge in [0.2, 0.25) is 6.41 Å². The number of nitrogens with two attached hydrogens (primary N) is 1. The van der Waals surface area contributed by atoms with Gasteiger partial charge in [-0.2, -0.15) is 0 Å². The number of carbonyl (C=O) groups excluding carboxylic acids is 1. The van der Waals surface area contributed by atoms with Crippen molar-refractivity contribution in [2.45, 2.75) is 19.1 Å². The van der Waals surface area contributed by atoms with Crippen molar-refractivity contribution in [3.63, 3.8) is 0 Å². The summed E-state index contributed by atoms with van der Waals surface area (Å²) in [5.74, 6) is 0.264. The van der Waals surface area contributed by atoms with E-state index in [1.54, 1.807) is 11.0 Å². The number of nitrogens with zero attached hydrogens (tertiary/aromatic N) is 3. The van der Waals surface area contributed by atoms with Crippen LogP contribution in [0.4, 0.5) is 4.39 Å². The number of fused-ring (bicyclic) bond motifs is 1. The molecule has 1 fully saturated rings. The fourth-order valence-corrected chi connectivity index (χ4v) is 3.57. The van der Waals surface area contributed by atoms with Gasteiger partial charge in [-0.3, -0.25) is 9.36 Å². The van der Waals surface area contributed by atoms with Gasteiger partial charge in [0.1, 0.15) is 17.7 Å². The molecule has 0 radical (unpaired) electrons. The third-order valence-electron chi connectivity index (χ3n) is 4.82. The molecule has 0 spiro atoms. The topological polar surface area (TPSA) is 73.4 Å². The van der Waals surface area contributed by atoms with E-state index in [0.717, 1.165) is 12.1 Å². The molecule has 2 N–H and O–H groups in total. The molecule has 2 atom stereocenters. The fourth-order valence-electron chi connectivity index (χ4n) is 3.57. The molecule has 1 unspecified atom stereocenters. The summed E-state index contributed by atoms with van der Waals surface area (Å²) >= 11 is 0. The summed E-state index contributed by atoms with van der Waals surface area (Å²) < 4.78 is 22.7. The Labute approximate surface area is 156 Å². The second kappa shape index (κ2) is 7.09. The van der Waals surface area contributed by atoms with Crippen LogP contribution < -0.4 is 5.73 Å². The van der Waals surface area contributed by atoms with E-state index in [4.69, 9.17) is 10.5 Å². The minimum Gasteiger partial charge on any atom is -0.370 e. The molecule has 1 amide bonds. The van der Waals surface area contributed by atoms with Crippen LogP contribution in [0.1, 0.15) is 30.5 Å². The molecule has 0 saturated carbocycles. The first-order valence-corrected chi connectivity index (χ1v) is 8.93. The molecule has 0 bridgehead atoms. The van der Waals surface area contributed by atoms with E-state index in [9.17, 15) is 9.18 Å². The summed E-state index contributed by atoms with van der Waals surface area (Å²) in [6.07, 6.45) is 0.211. The van der Waals surface area contributed by atoms with Gasteiger partial charge in [-0.15, -0.1) is 0 Å². The summed E-state index contributed by atoms with van der Waals surface area (Å²) in [6.45, 7) is 3.01. The number of morpholine rings is 1. The van der Waals surface area contributed by atoms with Crippen molar-refractivity contribution in [2.24, 2.45) is 5.73 Å². The predicted molar refractivity (Wildman–Crippen MR) is 100.0 cm³/mol. The van der Waals surface area contributed by atoms with Crippen molar-refractivity contribution in [2.75, 3.05) is 19.7 Å². The molecule has 6 nitrogen and oxygen atoms in total. The van der Waals surface area contributed by atoms with Gasteiger partial charge in [0.05, 0.1) is 30.2 Å². The van der Waals surface area contributed by atoms with Crippen molar-refractivity contribution in [1.82, 2.24) is 14.5 Å². The Kier molecular flexibility index (Phi) is 4.63. The largest absolute Gasteiger partial charge is 0.370 e. The normalized spacial score (nSPS) is 18.6. The van der Waals surface area contributed by atoms with Gasteiger partial charge in [0.15, 0.2) is 0 Å². The number of aromatic nitrogens is 2. The maximum atomic E-state index is 15.0. The number of amides is 1. The fraction of sp³-hybridized carbons (Fsp3) is 0.300. The minimum atomic E-state index is -0.562. The Hall–Kier alpha value is -2.77. The Morgan fingerprint density at radius 2 is 2.07 bits per heavy atom. The number of hydrogen-bond acceptors (Lipinski definition) is 4. The van der Waals surface area contributed by atoms with Crippen molar-refractivity contribution >= 4 is 17.4 Å². The number of rotatable bonds is 4. The standard InChI is InChI=1S/C20H21FN4O2/c1-13(22)20-23-16-8-7-15(21)18(17-11-24(12-26)9-10-27-17)19(16)25(20)14-5-3-2-4-6-14/h2-8,12-13,17H,9-11,22H2,1H3/t13-,17?/m0/s1. The number of benzene rings is 2.